The number of sulfonamides is 1. The molecule has 3 amide bonds. The Morgan fingerprint density at radius 1 is 0.598 bits per heavy atom. The first kappa shape index (κ1) is 86.1. The molecule has 2 fully saturated rings. The number of hydrogen-bond donors (Lipinski definition) is 4. The fraction of sp³-hybridized carbons (Fsp3) is 0.408. The minimum atomic E-state index is -4.04. The number of carboxylic acid groups (broad SMARTS) is 1. The average Bonchev–Trinajstić information content (AvgIpc) is 1.65. The molecule has 530 valence electrons. The number of carbonyl (C=O) groups is 4. The van der Waals surface area contributed by atoms with E-state index < -0.39 is 34.1 Å². The zero-order valence-electron chi connectivity index (χ0n) is 54.3. The number of aromatic nitrogens is 2. The van der Waals surface area contributed by atoms with Crippen molar-refractivity contribution in [1.29, 1.82) is 0 Å². The van der Waals surface area contributed by atoms with Gasteiger partial charge in [-0.05, 0) is 212 Å². The first-order valence-corrected chi connectivity index (χ1v) is 32.2. The molecule has 6 aromatic carbocycles. The van der Waals surface area contributed by atoms with E-state index in [4.69, 9.17) is 18.9 Å². The molecule has 19 nitrogen and oxygen atoms in total. The molecule has 10 rings (SSSR count). The fourth-order valence-corrected chi connectivity index (χ4v) is 12.1. The van der Waals surface area contributed by atoms with E-state index in [1.54, 1.807) is 49.4 Å². The molecule has 2 aliphatic carbocycles. The molecule has 0 saturated heterocycles. The molecule has 0 atom stereocenters. The van der Waals surface area contributed by atoms with Gasteiger partial charge >= 0.3 is 18.2 Å². The number of nitrogens with one attached hydrogen (secondary N) is 3. The Morgan fingerprint density at radius 3 is 1.44 bits per heavy atom. The quantitative estimate of drug-likeness (QED) is 0.0437. The zero-order chi connectivity index (χ0) is 65.6. The van der Waals surface area contributed by atoms with Gasteiger partial charge < -0.3 is 38.1 Å². The summed E-state index contributed by atoms with van der Waals surface area (Å²) in [5.74, 6) is -0.748. The van der Waals surface area contributed by atoms with Crippen molar-refractivity contribution in [2.24, 2.45) is 24.1 Å². The minimum absolute atomic E-state index is 0. The van der Waals surface area contributed by atoms with Gasteiger partial charge in [-0.1, -0.05) is 91.7 Å². The number of halogens is 1. The largest absolute Gasteiger partial charge is 0.496 e. The molecule has 2 aliphatic rings. The summed E-state index contributed by atoms with van der Waals surface area (Å²) in [6.45, 7) is 10.6. The Morgan fingerprint density at radius 2 is 1.03 bits per heavy atom. The van der Waals surface area contributed by atoms with E-state index in [0.29, 0.717) is 41.3 Å². The van der Waals surface area contributed by atoms with Gasteiger partial charge in [-0.15, -0.1) is 12.4 Å². The van der Waals surface area contributed by atoms with Gasteiger partial charge in [-0.3, -0.25) is 15.4 Å². The summed E-state index contributed by atoms with van der Waals surface area (Å²) in [5, 5.41) is 16.9. The first-order valence-electron chi connectivity index (χ1n) is 30.7. The summed E-state index contributed by atoms with van der Waals surface area (Å²) in [4.78, 5) is 58.9. The van der Waals surface area contributed by atoms with E-state index in [0.717, 1.165) is 121 Å². The number of benzene rings is 6. The van der Waals surface area contributed by atoms with Crippen LogP contribution in [0.1, 0.15) is 162 Å². The van der Waals surface area contributed by atoms with Crippen molar-refractivity contribution in [3.63, 3.8) is 0 Å². The number of nitrogens with zero attached hydrogens (tertiary/aromatic N) is 5. The van der Waals surface area contributed by atoms with Crippen LogP contribution in [-0.4, -0.2) is 118 Å². The van der Waals surface area contributed by atoms with Crippen LogP contribution in [0.15, 0.2) is 149 Å². The molecule has 0 bridgehead atoms. The van der Waals surface area contributed by atoms with Crippen LogP contribution in [0.25, 0.3) is 21.8 Å². The molecule has 2 saturated carbocycles. The predicted molar refractivity (Wildman–Crippen MR) is 400 cm³/mol. The van der Waals surface area contributed by atoms with Gasteiger partial charge in [0, 0.05) is 84.6 Å². The topological polar surface area (TPSA) is 233 Å². The van der Waals surface area contributed by atoms with Gasteiger partial charge in [-0.2, -0.15) is 0 Å². The third-order valence-electron chi connectivity index (χ3n) is 15.8. The summed E-state index contributed by atoms with van der Waals surface area (Å²) in [6.07, 6.45) is 13.3. The van der Waals surface area contributed by atoms with E-state index in [-0.39, 0.29) is 77.8 Å². The number of aliphatic imine (C=N–C) groups is 2. The predicted octanol–water partition coefficient (Wildman–Crippen LogP) is 17.7. The number of aromatic carboxylic acids is 1. The number of fused-ring (bicyclic) bond motifs is 2. The van der Waals surface area contributed by atoms with Gasteiger partial charge in [0.1, 0.15) is 23.7 Å². The summed E-state index contributed by atoms with van der Waals surface area (Å²) < 4.78 is 53.9. The molecule has 0 unspecified atom stereocenters. The molecular formula is C76H107ClN8O11S. The van der Waals surface area contributed by atoms with Crippen molar-refractivity contribution in [3.05, 3.63) is 184 Å². The SMILES string of the molecule is C.C.C.C.C.CCN=C=NCCCN(C)C.COc1cc(C(=O)NS(=O)(=O)c2ccccc2C)ccc1Cc1cn(C)c2ccc(NC(=O)OC3CCCC3)cc12.COc1cc(C(=O)O)ccc1Cc1cn(C)c2ccc(NC(=O)OC3CCCC3)cc12.Cc1ccccc1C.Cl. The standard InChI is InChI=1S/C31H33N3O6S.C24H26N2O5.C8H17N3.C8H10.5CH4.ClH/c1-20-8-4-7-11-29(20)41(37,38)33-30(35)22-13-12-21(28(17-22)39-3)16-23-19-34(2)27-15-14-24(18-26(23)27)32-31(36)40-25-9-5-6-10-25;1-26-14-17(11-15-7-8-16(23(27)28)12-22(15)30-2)20-13-18(9-10-21(20)26)25-24(29)31-19-5-3-4-6-19;1-4-9-8-10-6-5-7-11(2)3;1-7-5-3-4-6-8(7)2;;;;;;/h4,7-8,11-15,17-19,25H,5-6,9-10,16H2,1-3H3,(H,32,36)(H,33,35);7-10,12-14,19H,3-6,11H2,1-2H3,(H,25,29)(H,27,28);4-7H2,1-3H3;3-6H,1-2H3;5*1H4;1H. The lowest BCUT2D eigenvalue weighted by molar-refractivity contribution is 0.0695. The van der Waals surface area contributed by atoms with Crippen LogP contribution < -0.4 is 24.8 Å². The van der Waals surface area contributed by atoms with Crippen molar-refractivity contribution < 1.29 is 51.6 Å². The van der Waals surface area contributed by atoms with Crippen LogP contribution in [0, 0.1) is 20.8 Å². The van der Waals surface area contributed by atoms with Crippen LogP contribution in [0.2, 0.25) is 0 Å². The number of amides is 3. The van der Waals surface area contributed by atoms with Crippen molar-refractivity contribution in [2.75, 3.05) is 58.6 Å². The average molecular weight is 1380 g/mol. The van der Waals surface area contributed by atoms with Crippen LogP contribution >= 0.6 is 12.4 Å². The number of carbonyl (C=O) groups excluding carboxylic acids is 3. The number of hydrogen-bond acceptors (Lipinski definition) is 13. The maximum Gasteiger partial charge on any atom is 0.411 e. The second kappa shape index (κ2) is 41.9. The van der Waals surface area contributed by atoms with E-state index in [2.05, 4.69) is 88.5 Å². The molecular weight excluding hydrogens is 1270 g/mol. The van der Waals surface area contributed by atoms with E-state index in [1.807, 2.05) is 78.9 Å². The van der Waals surface area contributed by atoms with Gasteiger partial charge in [-0.25, -0.2) is 37.5 Å². The molecule has 8 aromatic rings. The minimum Gasteiger partial charge on any atom is -0.496 e. The number of rotatable bonds is 19. The molecule has 0 aliphatic heterocycles. The van der Waals surface area contributed by atoms with Gasteiger partial charge in [0.2, 0.25) is 0 Å². The van der Waals surface area contributed by atoms with Gasteiger partial charge in [0.05, 0.1) is 37.2 Å². The second-order valence-electron chi connectivity index (χ2n) is 23.0. The van der Waals surface area contributed by atoms with Crippen LogP contribution in [-0.2, 0) is 46.4 Å². The van der Waals surface area contributed by atoms with E-state index in [1.165, 1.54) is 43.5 Å². The molecule has 0 spiro atoms. The number of ether oxygens (including phenoxy) is 4. The first-order chi connectivity index (χ1) is 43.7. The van der Waals surface area contributed by atoms with Crippen LogP contribution in [0.4, 0.5) is 21.0 Å². The van der Waals surface area contributed by atoms with Crippen molar-refractivity contribution in [1.82, 2.24) is 18.8 Å². The van der Waals surface area contributed by atoms with Crippen LogP contribution in [0.5, 0.6) is 11.5 Å². The summed E-state index contributed by atoms with van der Waals surface area (Å²) in [7, 11) is 7.04. The van der Waals surface area contributed by atoms with E-state index >= 15 is 0 Å². The Bertz CT molecular complexity index is 3970. The third-order valence-corrected chi connectivity index (χ3v) is 17.3. The molecule has 97 heavy (non-hydrogen) atoms. The monoisotopic (exact) mass is 1370 g/mol. The number of anilines is 2. The highest BCUT2D eigenvalue weighted by Gasteiger charge is 2.24. The fourth-order valence-electron chi connectivity index (χ4n) is 10.9. The Labute approximate surface area is 583 Å². The number of carboxylic acids is 1. The molecule has 2 heterocycles. The van der Waals surface area contributed by atoms with Crippen molar-refractivity contribution >= 4 is 85.7 Å². The zero-order valence-corrected chi connectivity index (χ0v) is 56.0. The lowest BCUT2D eigenvalue weighted by atomic mass is 10.0. The number of methoxy groups -OCH3 is 2. The third kappa shape index (κ3) is 25.2. The number of aryl methyl sites for hydroxylation is 5. The van der Waals surface area contributed by atoms with E-state index in [9.17, 15) is 32.7 Å². The summed E-state index contributed by atoms with van der Waals surface area (Å²) in [6, 6.07) is 38.7. The molecule has 2 aromatic heterocycles. The molecule has 4 N–H and O–H groups in total. The molecule has 0 radical (unpaired) electrons. The van der Waals surface area contributed by atoms with Gasteiger partial charge in [0.25, 0.3) is 15.9 Å². The van der Waals surface area contributed by atoms with Crippen molar-refractivity contribution in [2.45, 2.75) is 153 Å². The maximum atomic E-state index is 12.9. The summed E-state index contributed by atoms with van der Waals surface area (Å²) >= 11 is 0. The smallest absolute Gasteiger partial charge is 0.411 e. The Kier molecular flexibility index (Phi) is 37.2. The highest BCUT2D eigenvalue weighted by atomic mass is 35.5. The van der Waals surface area contributed by atoms with Gasteiger partial charge in [0.15, 0.2) is 0 Å². The highest BCUT2D eigenvalue weighted by Crippen LogP contribution is 2.33. The lowest BCUT2D eigenvalue weighted by Gasteiger charge is -2.13. The lowest BCUT2D eigenvalue weighted by Crippen LogP contribution is -2.31. The second-order valence-corrected chi connectivity index (χ2v) is 24.6. The highest BCUT2D eigenvalue weighted by molar-refractivity contribution is 7.90. The summed E-state index contributed by atoms with van der Waals surface area (Å²) in [5.41, 5.74) is 10.7. The van der Waals surface area contributed by atoms with Crippen molar-refractivity contribution in [3.8, 4) is 11.5 Å². The maximum absolute atomic E-state index is 12.9. The normalized spacial score (nSPS) is 12.1. The Hall–Kier alpha value is -8.94. The Balaban J connectivity index is 0.000000740. The molecule has 21 heteroatoms. The van der Waals surface area contributed by atoms with Crippen LogP contribution in [0.3, 0.4) is 0 Å².